The number of benzene rings is 1. The van der Waals surface area contributed by atoms with Gasteiger partial charge in [0.05, 0.1) is 25.1 Å². The Bertz CT molecular complexity index is 1330. The van der Waals surface area contributed by atoms with Gasteiger partial charge in [0.2, 0.25) is 5.95 Å². The number of aryl methyl sites for hydroxylation is 1. The number of hydrogen-bond donors (Lipinski definition) is 3. The van der Waals surface area contributed by atoms with Crippen molar-refractivity contribution in [2.24, 2.45) is 0 Å². The molecular weight excluding hydrogens is 592 g/mol. The third-order valence-corrected chi connectivity index (χ3v) is 6.60. The van der Waals surface area contributed by atoms with Crippen LogP contribution < -0.4 is 20.7 Å². The van der Waals surface area contributed by atoms with Gasteiger partial charge >= 0.3 is 14.2 Å². The van der Waals surface area contributed by atoms with E-state index in [9.17, 15) is 22.5 Å². The molecule has 0 aliphatic heterocycles. The van der Waals surface area contributed by atoms with Crippen molar-refractivity contribution in [1.29, 1.82) is 0 Å². The maximum atomic E-state index is 13.7. The number of nitrogens with zero attached hydrogens (tertiary/aromatic N) is 3. The molecule has 0 fully saturated rings. The Labute approximate surface area is 225 Å². The van der Waals surface area contributed by atoms with Crippen LogP contribution in [0.1, 0.15) is 28.5 Å². The normalized spacial score (nSPS) is 11.6. The molecule has 202 valence electrons. The molecule has 3 aromatic rings. The summed E-state index contributed by atoms with van der Waals surface area (Å²) < 4.78 is 63.8. The summed E-state index contributed by atoms with van der Waals surface area (Å²) in [6.07, 6.45) is -3.34. The largest absolute Gasteiger partial charge is 0.508 e. The predicted octanol–water partition coefficient (Wildman–Crippen LogP) is 5.83. The first-order chi connectivity index (χ1) is 18.0. The summed E-state index contributed by atoms with van der Waals surface area (Å²) in [6.45, 7) is 2.12. The maximum Gasteiger partial charge on any atom is 0.508 e. The minimum atomic E-state index is -4.78. The molecule has 0 aliphatic carbocycles. The summed E-state index contributed by atoms with van der Waals surface area (Å²) >= 11 is 3.15. The van der Waals surface area contributed by atoms with Crippen molar-refractivity contribution in [2.75, 3.05) is 37.6 Å². The summed E-state index contributed by atoms with van der Waals surface area (Å²) in [7, 11) is 1.04. The first-order valence-corrected chi connectivity index (χ1v) is 13.3. The predicted molar refractivity (Wildman–Crippen MR) is 140 cm³/mol. The Morgan fingerprint density at radius 1 is 1.13 bits per heavy atom. The number of alkyl halides is 3. The fourth-order valence-electron chi connectivity index (χ4n) is 3.24. The molecule has 2 heterocycles. The van der Waals surface area contributed by atoms with Crippen LogP contribution in [0.15, 0.2) is 41.1 Å². The molecule has 0 saturated heterocycles. The van der Waals surface area contributed by atoms with Gasteiger partial charge in [0.25, 0.3) is 5.91 Å². The van der Waals surface area contributed by atoms with Gasteiger partial charge in [0.1, 0.15) is 21.7 Å². The summed E-state index contributed by atoms with van der Waals surface area (Å²) in [6, 6.07) is 7.99. The smallest absolute Gasteiger partial charge is 0.495 e. The Morgan fingerprint density at radius 2 is 1.87 bits per heavy atom. The molecule has 0 saturated carbocycles. The van der Waals surface area contributed by atoms with Gasteiger partial charge in [-0.3, -0.25) is 4.79 Å². The van der Waals surface area contributed by atoms with Crippen molar-refractivity contribution in [3.05, 3.63) is 58.0 Å². The monoisotopic (exact) mass is 615 g/mol. The Balaban J connectivity index is 1.92. The second-order valence-corrected chi connectivity index (χ2v) is 9.76. The Kier molecular flexibility index (Phi) is 9.95. The van der Waals surface area contributed by atoms with Gasteiger partial charge in [-0.2, -0.15) is 18.2 Å². The highest BCUT2D eigenvalue weighted by molar-refractivity contribution is 9.10. The fourth-order valence-corrected chi connectivity index (χ4v) is 4.41. The van der Waals surface area contributed by atoms with Crippen LogP contribution in [0.4, 0.5) is 36.3 Å². The third-order valence-electron chi connectivity index (χ3n) is 5.02. The number of rotatable bonds is 11. The molecule has 10 nitrogen and oxygen atoms in total. The van der Waals surface area contributed by atoms with Crippen molar-refractivity contribution in [3.63, 3.8) is 0 Å². The highest BCUT2D eigenvalue weighted by atomic mass is 79.9. The van der Waals surface area contributed by atoms with Gasteiger partial charge in [-0.15, -0.1) is 4.52 Å². The van der Waals surface area contributed by atoms with Crippen LogP contribution in [0.5, 0.6) is 5.75 Å². The molecule has 1 unspecified atom stereocenters. The lowest BCUT2D eigenvalue weighted by Gasteiger charge is -2.17. The molecule has 3 N–H and O–H groups in total. The quantitative estimate of drug-likeness (QED) is 0.180. The minimum absolute atomic E-state index is 0.00928. The number of halogens is 4. The molecule has 0 spiro atoms. The van der Waals surface area contributed by atoms with E-state index in [-0.39, 0.29) is 17.3 Å². The van der Waals surface area contributed by atoms with Crippen LogP contribution in [0.3, 0.4) is 0 Å². The molecule has 2 aromatic heterocycles. The lowest BCUT2D eigenvalue weighted by atomic mass is 10.1. The summed E-state index contributed by atoms with van der Waals surface area (Å²) in [4.78, 5) is 24.1. The van der Waals surface area contributed by atoms with E-state index < -0.39 is 31.5 Å². The van der Waals surface area contributed by atoms with Crippen LogP contribution in [-0.2, 0) is 21.7 Å². The summed E-state index contributed by atoms with van der Waals surface area (Å²) in [5.41, 5.74) is -0.0378. The third kappa shape index (κ3) is 7.59. The minimum Gasteiger partial charge on any atom is -0.495 e. The van der Waals surface area contributed by atoms with E-state index in [2.05, 4.69) is 46.8 Å². The van der Waals surface area contributed by atoms with Crippen molar-refractivity contribution in [1.82, 2.24) is 20.3 Å². The molecule has 38 heavy (non-hydrogen) atoms. The van der Waals surface area contributed by atoms with Crippen LogP contribution in [0.25, 0.3) is 0 Å². The van der Waals surface area contributed by atoms with Crippen molar-refractivity contribution >= 4 is 53.0 Å². The lowest BCUT2D eigenvalue weighted by molar-refractivity contribution is -0.137. The number of nitrogens with one attached hydrogen (secondary N) is 3. The lowest BCUT2D eigenvalue weighted by Crippen LogP contribution is -2.21. The SMILES string of the molecule is CCO[P+](=O)CCc1ccc(Nc2ncc(C(F)(F)F)c(Nc3ccc(Br)nc3C(=O)NC)n2)c(OC)c1. The zero-order valence-electron chi connectivity index (χ0n) is 20.5. The van der Waals surface area contributed by atoms with Gasteiger partial charge in [-0.05, 0) is 57.2 Å². The van der Waals surface area contributed by atoms with E-state index in [1.807, 2.05) is 0 Å². The van der Waals surface area contributed by atoms with Crippen molar-refractivity contribution in [3.8, 4) is 5.75 Å². The van der Waals surface area contributed by atoms with E-state index >= 15 is 0 Å². The topological polar surface area (TPSA) is 127 Å². The Morgan fingerprint density at radius 3 is 2.53 bits per heavy atom. The zero-order chi connectivity index (χ0) is 27.9. The molecule has 1 amide bonds. The molecule has 0 radical (unpaired) electrons. The van der Waals surface area contributed by atoms with Crippen molar-refractivity contribution < 1.29 is 31.8 Å². The van der Waals surface area contributed by atoms with Gasteiger partial charge < -0.3 is 20.7 Å². The van der Waals surface area contributed by atoms with E-state index in [4.69, 9.17) is 9.26 Å². The molecule has 0 aliphatic rings. The number of hydrogen-bond acceptors (Lipinski definition) is 9. The van der Waals surface area contributed by atoms with Crippen LogP contribution in [0, 0.1) is 0 Å². The molecule has 1 atom stereocenters. The number of pyridine rings is 1. The zero-order valence-corrected chi connectivity index (χ0v) is 23.0. The average molecular weight is 616 g/mol. The second-order valence-electron chi connectivity index (χ2n) is 7.57. The number of amides is 1. The summed E-state index contributed by atoms with van der Waals surface area (Å²) in [5.74, 6) is -0.964. The Hall–Kier alpha value is -3.35. The van der Waals surface area contributed by atoms with Gasteiger partial charge in [0, 0.05) is 19.7 Å². The van der Waals surface area contributed by atoms with Crippen LogP contribution in [0.2, 0.25) is 0 Å². The van der Waals surface area contributed by atoms with E-state index in [1.54, 1.807) is 25.1 Å². The van der Waals surface area contributed by atoms with Gasteiger partial charge in [-0.1, -0.05) is 6.07 Å². The number of methoxy groups -OCH3 is 1. The van der Waals surface area contributed by atoms with E-state index in [1.165, 1.54) is 26.3 Å². The molecule has 0 bridgehead atoms. The van der Waals surface area contributed by atoms with Gasteiger partial charge in [0.15, 0.2) is 11.9 Å². The highest BCUT2D eigenvalue weighted by Gasteiger charge is 2.36. The molecule has 3 rings (SSSR count). The first kappa shape index (κ1) is 29.2. The van der Waals surface area contributed by atoms with E-state index in [0.717, 1.165) is 5.56 Å². The van der Waals surface area contributed by atoms with Gasteiger partial charge in [-0.25, -0.2) is 9.97 Å². The molecule has 1 aromatic carbocycles. The highest BCUT2D eigenvalue weighted by Crippen LogP contribution is 2.37. The van der Waals surface area contributed by atoms with E-state index in [0.29, 0.717) is 41.4 Å². The standard InChI is InChI=1S/C23H23BrF3N6O4P/c1-4-37-38(35)10-9-13-5-6-15(17(11-13)36-3)31-22-29-12-14(23(25,26)27)20(33-22)30-16-7-8-18(24)32-19(16)21(34)28-2/h5-8,11-12H,4,9-10H2,1-3H3,(H2-,28,29,30,31,33,34)/p+1. The van der Waals surface area contributed by atoms with Crippen LogP contribution in [-0.4, -0.2) is 47.8 Å². The maximum absolute atomic E-state index is 13.7. The first-order valence-electron chi connectivity index (χ1n) is 11.2. The number of aromatic nitrogens is 3. The van der Waals surface area contributed by atoms with Crippen LogP contribution >= 0.6 is 24.0 Å². The number of carbonyl (C=O) groups excluding carboxylic acids is 1. The number of carbonyl (C=O) groups is 1. The molecule has 15 heteroatoms. The second kappa shape index (κ2) is 12.9. The average Bonchev–Trinajstić information content (AvgIpc) is 2.88. The molecular formula is C23H24BrF3N6O4P+. The number of ether oxygens (including phenoxy) is 1. The fraction of sp³-hybridized carbons (Fsp3) is 0.304. The van der Waals surface area contributed by atoms with Crippen molar-refractivity contribution in [2.45, 2.75) is 19.5 Å². The number of anilines is 4. The summed E-state index contributed by atoms with van der Waals surface area (Å²) in [5, 5.41) is 7.82.